The third-order valence-electron chi connectivity index (χ3n) is 2.16. The van der Waals surface area contributed by atoms with E-state index in [0.717, 1.165) is 21.5 Å². The van der Waals surface area contributed by atoms with E-state index in [1.165, 1.54) is 6.20 Å². The molecular weight excluding hydrogens is 226 g/mol. The predicted molar refractivity (Wildman–Crippen MR) is 60.4 cm³/mol. The quantitative estimate of drug-likeness (QED) is 0.783. The summed E-state index contributed by atoms with van der Waals surface area (Å²) in [5.74, 6) is 0. The number of aromatic nitrogens is 3. The van der Waals surface area contributed by atoms with Crippen LogP contribution >= 0.6 is 0 Å². The fraction of sp³-hybridized carbons (Fsp3) is 0.200. The van der Waals surface area contributed by atoms with Crippen molar-refractivity contribution in [3.8, 4) is 11.3 Å². The molecule has 0 saturated heterocycles. The average molecular weight is 237 g/mol. The average Bonchev–Trinajstić information content (AvgIpc) is 2.67. The summed E-state index contributed by atoms with van der Waals surface area (Å²) in [5.41, 5.74) is 2.53. The van der Waals surface area contributed by atoms with Gasteiger partial charge >= 0.3 is 0 Å². The molecule has 1 aromatic heterocycles. The summed E-state index contributed by atoms with van der Waals surface area (Å²) in [6.45, 7) is 1.98. The Morgan fingerprint density at radius 3 is 2.31 bits per heavy atom. The monoisotopic (exact) mass is 237 g/mol. The molecule has 0 bridgehead atoms. The Kier molecular flexibility index (Phi) is 2.51. The molecule has 0 unspecified atom stereocenters. The molecule has 0 aliphatic heterocycles. The van der Waals surface area contributed by atoms with E-state index in [2.05, 4.69) is 10.3 Å². The van der Waals surface area contributed by atoms with Crippen LogP contribution in [-0.2, 0) is 10.0 Å². The van der Waals surface area contributed by atoms with E-state index >= 15 is 0 Å². The third kappa shape index (κ3) is 2.11. The summed E-state index contributed by atoms with van der Waals surface area (Å²) in [6.07, 6.45) is 2.49. The van der Waals surface area contributed by atoms with E-state index in [1.807, 2.05) is 31.2 Å². The molecule has 6 heteroatoms. The summed E-state index contributed by atoms with van der Waals surface area (Å²) in [7, 11) is -3.36. The molecule has 0 fully saturated rings. The van der Waals surface area contributed by atoms with Gasteiger partial charge in [0.15, 0.2) is 0 Å². The Hall–Kier alpha value is -1.69. The zero-order chi connectivity index (χ0) is 11.8. The molecule has 84 valence electrons. The molecule has 0 aliphatic carbocycles. The minimum absolute atomic E-state index is 0.547. The first-order valence-corrected chi connectivity index (χ1v) is 6.51. The molecule has 1 heterocycles. The summed E-state index contributed by atoms with van der Waals surface area (Å²) < 4.78 is 23.2. The first-order valence-electron chi connectivity index (χ1n) is 4.67. The van der Waals surface area contributed by atoms with Crippen LogP contribution in [0.15, 0.2) is 30.5 Å². The molecule has 0 spiro atoms. The van der Waals surface area contributed by atoms with E-state index in [-0.39, 0.29) is 0 Å². The van der Waals surface area contributed by atoms with Crippen LogP contribution in [0.2, 0.25) is 0 Å². The lowest BCUT2D eigenvalue weighted by Crippen LogP contribution is -2.10. The van der Waals surface area contributed by atoms with Crippen molar-refractivity contribution < 1.29 is 8.42 Å². The molecule has 1 aromatic carbocycles. The van der Waals surface area contributed by atoms with E-state index in [4.69, 9.17) is 0 Å². The van der Waals surface area contributed by atoms with Crippen LogP contribution < -0.4 is 0 Å². The zero-order valence-electron chi connectivity index (χ0n) is 8.95. The topological polar surface area (TPSA) is 64.8 Å². The van der Waals surface area contributed by atoms with Gasteiger partial charge in [-0.15, -0.1) is 9.19 Å². The van der Waals surface area contributed by atoms with Crippen molar-refractivity contribution in [3.05, 3.63) is 36.0 Å². The number of aryl methyl sites for hydroxylation is 1. The van der Waals surface area contributed by atoms with Gasteiger partial charge in [-0.05, 0) is 6.92 Å². The molecule has 5 nitrogen and oxygen atoms in total. The van der Waals surface area contributed by atoms with Gasteiger partial charge in [-0.3, -0.25) is 0 Å². The minimum atomic E-state index is -3.36. The summed E-state index contributed by atoms with van der Waals surface area (Å²) >= 11 is 0. The molecule has 0 amide bonds. The summed E-state index contributed by atoms with van der Waals surface area (Å²) in [6, 6.07) is 7.64. The minimum Gasteiger partial charge on any atom is -0.205 e. The molecule has 0 N–H and O–H groups in total. The standard InChI is InChI=1S/C10H11N3O2S/c1-8-3-5-9(6-4-8)10-7-13(12-11-10)16(2,14)15/h3-7H,1-2H3. The van der Waals surface area contributed by atoms with Crippen molar-refractivity contribution in [3.63, 3.8) is 0 Å². The lowest BCUT2D eigenvalue weighted by Gasteiger charge is -1.96. The highest BCUT2D eigenvalue weighted by Crippen LogP contribution is 2.16. The van der Waals surface area contributed by atoms with Gasteiger partial charge in [0.1, 0.15) is 5.69 Å². The van der Waals surface area contributed by atoms with Gasteiger partial charge in [0.25, 0.3) is 10.0 Å². The van der Waals surface area contributed by atoms with Crippen LogP contribution in [0.5, 0.6) is 0 Å². The van der Waals surface area contributed by atoms with Crippen LogP contribution in [0.4, 0.5) is 0 Å². The van der Waals surface area contributed by atoms with Crippen molar-refractivity contribution in [1.29, 1.82) is 0 Å². The molecule has 0 aliphatic rings. The van der Waals surface area contributed by atoms with Gasteiger partial charge < -0.3 is 0 Å². The van der Waals surface area contributed by atoms with Crippen LogP contribution in [0.25, 0.3) is 11.3 Å². The highest BCUT2D eigenvalue weighted by Gasteiger charge is 2.09. The fourth-order valence-electron chi connectivity index (χ4n) is 1.27. The lowest BCUT2D eigenvalue weighted by molar-refractivity contribution is 0.583. The second kappa shape index (κ2) is 3.71. The first-order chi connectivity index (χ1) is 7.47. The SMILES string of the molecule is Cc1ccc(-c2cn(S(C)(=O)=O)nn2)cc1. The van der Waals surface area contributed by atoms with Crippen molar-refractivity contribution in [2.75, 3.05) is 6.26 Å². The second-order valence-corrected chi connectivity index (χ2v) is 5.45. The number of rotatable bonds is 2. The van der Waals surface area contributed by atoms with Crippen LogP contribution in [0, 0.1) is 6.92 Å². The van der Waals surface area contributed by atoms with Crippen LogP contribution in [-0.4, -0.2) is 29.1 Å². The van der Waals surface area contributed by atoms with E-state index < -0.39 is 10.0 Å². The van der Waals surface area contributed by atoms with E-state index in [9.17, 15) is 8.42 Å². The molecule has 0 atom stereocenters. The Balaban J connectivity index is 2.43. The fourth-order valence-corrected chi connectivity index (χ4v) is 1.73. The normalized spacial score (nSPS) is 11.6. The number of nitrogens with zero attached hydrogens (tertiary/aromatic N) is 3. The Morgan fingerprint density at radius 1 is 1.19 bits per heavy atom. The van der Waals surface area contributed by atoms with Gasteiger partial charge in [0, 0.05) is 5.56 Å². The third-order valence-corrected chi connectivity index (χ3v) is 3.02. The zero-order valence-corrected chi connectivity index (χ0v) is 9.77. The van der Waals surface area contributed by atoms with E-state index in [0.29, 0.717) is 5.69 Å². The molecule has 0 saturated carbocycles. The summed E-state index contributed by atoms with van der Waals surface area (Å²) in [4.78, 5) is 0. The Bertz CT molecular complexity index is 599. The van der Waals surface area contributed by atoms with Gasteiger partial charge in [-0.25, -0.2) is 8.42 Å². The Morgan fingerprint density at radius 2 is 1.81 bits per heavy atom. The van der Waals surface area contributed by atoms with Crippen molar-refractivity contribution >= 4 is 10.0 Å². The van der Waals surface area contributed by atoms with Crippen LogP contribution in [0.1, 0.15) is 5.56 Å². The van der Waals surface area contributed by atoms with Crippen molar-refractivity contribution in [2.45, 2.75) is 6.92 Å². The maximum Gasteiger partial charge on any atom is 0.252 e. The van der Waals surface area contributed by atoms with Crippen molar-refractivity contribution in [2.24, 2.45) is 0 Å². The molecule has 2 rings (SSSR count). The highest BCUT2D eigenvalue weighted by molar-refractivity contribution is 7.89. The maximum absolute atomic E-state index is 11.2. The number of hydrogen-bond acceptors (Lipinski definition) is 4. The van der Waals surface area contributed by atoms with Gasteiger partial charge in [-0.2, -0.15) is 0 Å². The van der Waals surface area contributed by atoms with E-state index in [1.54, 1.807) is 0 Å². The first kappa shape index (κ1) is 10.8. The second-order valence-electron chi connectivity index (χ2n) is 3.61. The smallest absolute Gasteiger partial charge is 0.205 e. The summed E-state index contributed by atoms with van der Waals surface area (Å²) in [5, 5.41) is 7.38. The predicted octanol–water partition coefficient (Wildman–Crippen LogP) is 1.06. The van der Waals surface area contributed by atoms with Gasteiger partial charge in [0.05, 0.1) is 12.5 Å². The number of hydrogen-bond donors (Lipinski definition) is 0. The molecular formula is C10H11N3O2S. The largest absolute Gasteiger partial charge is 0.252 e. The van der Waals surface area contributed by atoms with Gasteiger partial charge in [-0.1, -0.05) is 35.0 Å². The molecule has 0 radical (unpaired) electrons. The maximum atomic E-state index is 11.2. The Labute approximate surface area is 93.8 Å². The van der Waals surface area contributed by atoms with Gasteiger partial charge in [0.2, 0.25) is 0 Å². The lowest BCUT2D eigenvalue weighted by atomic mass is 10.1. The van der Waals surface area contributed by atoms with Crippen molar-refractivity contribution in [1.82, 2.24) is 14.4 Å². The number of benzene rings is 1. The molecule has 16 heavy (non-hydrogen) atoms. The molecule has 2 aromatic rings. The van der Waals surface area contributed by atoms with Crippen LogP contribution in [0.3, 0.4) is 0 Å². The highest BCUT2D eigenvalue weighted by atomic mass is 32.2.